The molecule has 0 spiro atoms. The van der Waals surface area contributed by atoms with E-state index in [9.17, 15) is 4.79 Å². The van der Waals surface area contributed by atoms with Crippen LogP contribution in [0.4, 0.5) is 0 Å². The van der Waals surface area contributed by atoms with Crippen LogP contribution in [0.15, 0.2) is 28.4 Å². The van der Waals surface area contributed by atoms with Gasteiger partial charge in [0.05, 0.1) is 6.42 Å². The van der Waals surface area contributed by atoms with E-state index < -0.39 is 0 Å². The molecule has 2 rings (SSSR count). The number of ketones is 1. The summed E-state index contributed by atoms with van der Waals surface area (Å²) in [6.45, 7) is 0. The third kappa shape index (κ3) is 2.02. The molecule has 0 bridgehead atoms. The fraction of sp³-hybridized carbons (Fsp3) is 0.111. The molecule has 0 fully saturated rings. The molecule has 13 heavy (non-hydrogen) atoms. The zero-order valence-electron chi connectivity index (χ0n) is 6.77. The number of hydrogen-bond acceptors (Lipinski definition) is 4. The molecule has 0 atom stereocenters. The van der Waals surface area contributed by atoms with Crippen molar-refractivity contribution >= 4 is 28.5 Å². The van der Waals surface area contributed by atoms with E-state index in [2.05, 4.69) is 4.98 Å². The standard InChI is InChI=1S/C9H7NOS2/c11-8(7-1-3-12-6-7)5-9-10-2-4-13-9/h1-4,6H,5H2. The minimum atomic E-state index is 0.149. The van der Waals surface area contributed by atoms with Gasteiger partial charge in [-0.1, -0.05) is 0 Å². The van der Waals surface area contributed by atoms with Gasteiger partial charge in [0.25, 0.3) is 0 Å². The Labute approximate surface area is 83.9 Å². The van der Waals surface area contributed by atoms with Crippen molar-refractivity contribution in [1.82, 2.24) is 4.98 Å². The van der Waals surface area contributed by atoms with Crippen molar-refractivity contribution in [3.63, 3.8) is 0 Å². The third-order valence-corrected chi connectivity index (χ3v) is 3.10. The van der Waals surface area contributed by atoms with Crippen LogP contribution in [0.2, 0.25) is 0 Å². The molecule has 2 aromatic heterocycles. The van der Waals surface area contributed by atoms with Crippen LogP contribution >= 0.6 is 22.7 Å². The fourth-order valence-electron chi connectivity index (χ4n) is 1.00. The number of Topliss-reactive ketones (excluding diaryl/α,β-unsaturated/α-hetero) is 1. The van der Waals surface area contributed by atoms with Crippen LogP contribution in [-0.2, 0) is 6.42 Å². The number of nitrogens with zero attached hydrogens (tertiary/aromatic N) is 1. The summed E-state index contributed by atoms with van der Waals surface area (Å²) in [5.74, 6) is 0.149. The van der Waals surface area contributed by atoms with E-state index in [-0.39, 0.29) is 5.78 Å². The molecular formula is C9H7NOS2. The molecule has 0 radical (unpaired) electrons. The molecule has 2 nitrogen and oxygen atoms in total. The molecule has 0 saturated heterocycles. The van der Waals surface area contributed by atoms with Crippen molar-refractivity contribution in [2.45, 2.75) is 6.42 Å². The van der Waals surface area contributed by atoms with Gasteiger partial charge in [0, 0.05) is 22.5 Å². The van der Waals surface area contributed by atoms with Gasteiger partial charge in [-0.25, -0.2) is 4.98 Å². The number of thiophene rings is 1. The molecule has 66 valence electrons. The first-order valence-electron chi connectivity index (χ1n) is 3.80. The molecular weight excluding hydrogens is 202 g/mol. The summed E-state index contributed by atoms with van der Waals surface area (Å²) in [7, 11) is 0. The summed E-state index contributed by atoms with van der Waals surface area (Å²) >= 11 is 3.06. The highest BCUT2D eigenvalue weighted by molar-refractivity contribution is 7.09. The second-order valence-corrected chi connectivity index (χ2v) is 4.30. The number of rotatable bonds is 3. The summed E-state index contributed by atoms with van der Waals surface area (Å²) in [4.78, 5) is 15.6. The Balaban J connectivity index is 2.08. The minimum Gasteiger partial charge on any atom is -0.294 e. The van der Waals surface area contributed by atoms with E-state index in [0.717, 1.165) is 10.6 Å². The van der Waals surface area contributed by atoms with Crippen molar-refractivity contribution in [3.05, 3.63) is 39.0 Å². The van der Waals surface area contributed by atoms with Crippen molar-refractivity contribution in [2.75, 3.05) is 0 Å². The van der Waals surface area contributed by atoms with Crippen LogP contribution in [0.5, 0.6) is 0 Å². The highest BCUT2D eigenvalue weighted by Gasteiger charge is 2.08. The Morgan fingerprint density at radius 1 is 1.46 bits per heavy atom. The summed E-state index contributed by atoms with van der Waals surface area (Å²) in [6.07, 6.45) is 2.15. The highest BCUT2D eigenvalue weighted by atomic mass is 32.1. The number of aromatic nitrogens is 1. The molecule has 0 aliphatic heterocycles. The average molecular weight is 209 g/mol. The Hall–Kier alpha value is -1.00. The Kier molecular flexibility index (Phi) is 2.52. The highest BCUT2D eigenvalue weighted by Crippen LogP contribution is 2.12. The smallest absolute Gasteiger partial charge is 0.170 e. The molecule has 0 aromatic carbocycles. The summed E-state index contributed by atoms with van der Waals surface area (Å²) < 4.78 is 0. The summed E-state index contributed by atoms with van der Waals surface area (Å²) in [5, 5.41) is 6.55. The number of thiazole rings is 1. The number of carbonyl (C=O) groups is 1. The van der Waals surface area contributed by atoms with Crippen molar-refractivity contribution in [3.8, 4) is 0 Å². The predicted molar refractivity (Wildman–Crippen MR) is 54.5 cm³/mol. The first-order chi connectivity index (χ1) is 6.36. The van der Waals surface area contributed by atoms with E-state index in [4.69, 9.17) is 0 Å². The van der Waals surface area contributed by atoms with Crippen molar-refractivity contribution < 1.29 is 4.79 Å². The lowest BCUT2D eigenvalue weighted by atomic mass is 10.2. The third-order valence-electron chi connectivity index (χ3n) is 1.64. The van der Waals surface area contributed by atoms with Crippen LogP contribution in [-0.4, -0.2) is 10.8 Å². The normalized spacial score (nSPS) is 10.2. The quantitative estimate of drug-likeness (QED) is 0.727. The van der Waals surface area contributed by atoms with Crippen molar-refractivity contribution in [2.24, 2.45) is 0 Å². The first kappa shape index (κ1) is 8.59. The lowest BCUT2D eigenvalue weighted by Crippen LogP contribution is -2.00. The van der Waals surface area contributed by atoms with Gasteiger partial charge in [-0.2, -0.15) is 11.3 Å². The van der Waals surface area contributed by atoms with Crippen LogP contribution in [0.1, 0.15) is 15.4 Å². The summed E-state index contributed by atoms with van der Waals surface area (Å²) in [5.41, 5.74) is 0.792. The number of hydrogen-bond donors (Lipinski definition) is 0. The first-order valence-corrected chi connectivity index (χ1v) is 5.62. The largest absolute Gasteiger partial charge is 0.294 e. The molecule has 2 heterocycles. The second kappa shape index (κ2) is 3.81. The van der Waals surface area contributed by atoms with Gasteiger partial charge in [0.1, 0.15) is 5.01 Å². The maximum Gasteiger partial charge on any atom is 0.170 e. The van der Waals surface area contributed by atoms with Gasteiger partial charge in [-0.05, 0) is 11.4 Å². The maximum atomic E-state index is 11.5. The molecule has 0 aliphatic rings. The van der Waals surface area contributed by atoms with E-state index >= 15 is 0 Å². The van der Waals surface area contributed by atoms with Gasteiger partial charge in [-0.15, -0.1) is 11.3 Å². The monoisotopic (exact) mass is 209 g/mol. The van der Waals surface area contributed by atoms with Gasteiger partial charge in [0.15, 0.2) is 5.78 Å². The minimum absolute atomic E-state index is 0.149. The van der Waals surface area contributed by atoms with Gasteiger partial charge in [0.2, 0.25) is 0 Å². The fourth-order valence-corrected chi connectivity index (χ4v) is 2.28. The molecule has 0 amide bonds. The van der Waals surface area contributed by atoms with Crippen LogP contribution in [0, 0.1) is 0 Å². The molecule has 4 heteroatoms. The SMILES string of the molecule is O=C(Cc1nccs1)c1ccsc1. The molecule has 0 aliphatic carbocycles. The predicted octanol–water partition coefficient (Wildman–Crippen LogP) is 2.63. The average Bonchev–Trinajstić information content (AvgIpc) is 2.74. The van der Waals surface area contributed by atoms with E-state index in [0.29, 0.717) is 6.42 Å². The van der Waals surface area contributed by atoms with Gasteiger partial charge >= 0.3 is 0 Å². The maximum absolute atomic E-state index is 11.5. The molecule has 0 saturated carbocycles. The van der Waals surface area contributed by atoms with Crippen LogP contribution in [0.3, 0.4) is 0 Å². The Bertz CT molecular complexity index is 378. The van der Waals surface area contributed by atoms with Crippen LogP contribution < -0.4 is 0 Å². The second-order valence-electron chi connectivity index (χ2n) is 2.54. The number of carbonyl (C=O) groups excluding carboxylic acids is 1. The Morgan fingerprint density at radius 2 is 2.38 bits per heavy atom. The van der Waals surface area contributed by atoms with E-state index in [1.165, 1.54) is 11.3 Å². The molecule has 0 unspecified atom stereocenters. The van der Waals surface area contributed by atoms with E-state index in [1.807, 2.05) is 22.2 Å². The zero-order valence-corrected chi connectivity index (χ0v) is 8.40. The topological polar surface area (TPSA) is 30.0 Å². The van der Waals surface area contributed by atoms with Crippen LogP contribution in [0.25, 0.3) is 0 Å². The summed E-state index contributed by atoms with van der Waals surface area (Å²) in [6, 6.07) is 1.85. The van der Waals surface area contributed by atoms with E-state index in [1.54, 1.807) is 17.5 Å². The lowest BCUT2D eigenvalue weighted by molar-refractivity contribution is 0.0993. The Morgan fingerprint density at radius 3 is 3.00 bits per heavy atom. The van der Waals surface area contributed by atoms with Gasteiger partial charge in [-0.3, -0.25) is 4.79 Å². The van der Waals surface area contributed by atoms with Gasteiger partial charge < -0.3 is 0 Å². The zero-order chi connectivity index (χ0) is 9.10. The lowest BCUT2D eigenvalue weighted by Gasteiger charge is -1.92. The van der Waals surface area contributed by atoms with Crippen molar-refractivity contribution in [1.29, 1.82) is 0 Å². The molecule has 2 aromatic rings. The molecule has 0 N–H and O–H groups in total.